The molecule has 4 aromatic rings. The summed E-state index contributed by atoms with van der Waals surface area (Å²) in [6, 6.07) is 11.8. The molecule has 3 atom stereocenters. The third-order valence-corrected chi connectivity index (χ3v) is 6.03. The van der Waals surface area contributed by atoms with Gasteiger partial charge < -0.3 is 15.0 Å². The molecule has 3 unspecified atom stereocenters. The minimum Gasteiger partial charge on any atom is -0.446 e. The van der Waals surface area contributed by atoms with Crippen LogP contribution in [0.3, 0.4) is 0 Å². The number of nitrogens with one attached hydrogen (secondary N) is 2. The summed E-state index contributed by atoms with van der Waals surface area (Å²) < 4.78 is 7.83. The van der Waals surface area contributed by atoms with Crippen LogP contribution >= 0.6 is 0 Å². The molecular formula is C22H24N6O2. The summed E-state index contributed by atoms with van der Waals surface area (Å²) in [5.41, 5.74) is 3.55. The Balaban J connectivity index is 1.32. The van der Waals surface area contributed by atoms with Crippen molar-refractivity contribution in [1.82, 2.24) is 29.9 Å². The maximum absolute atomic E-state index is 12.3. The Morgan fingerprint density at radius 1 is 1.23 bits per heavy atom. The van der Waals surface area contributed by atoms with Gasteiger partial charge in [0.1, 0.15) is 11.9 Å². The fraction of sp³-hybridized carbons (Fsp3) is 0.364. The summed E-state index contributed by atoms with van der Waals surface area (Å²) in [5, 5.41) is 11.7. The fourth-order valence-corrected chi connectivity index (χ4v) is 4.54. The molecule has 2 N–H and O–H groups in total. The molecule has 8 nitrogen and oxygen atoms in total. The van der Waals surface area contributed by atoms with Gasteiger partial charge in [0, 0.05) is 18.7 Å². The fourth-order valence-electron chi connectivity index (χ4n) is 4.54. The first-order valence-corrected chi connectivity index (χ1v) is 10.4. The SMILES string of the molecule is CCC1CC(OC(=O)NCc2ccccc2)CC1c1nnc2cnc3[nH]ccc3n12. The molecule has 154 valence electrons. The first-order valence-electron chi connectivity index (χ1n) is 10.4. The minimum atomic E-state index is -0.373. The second-order valence-electron chi connectivity index (χ2n) is 7.83. The van der Waals surface area contributed by atoms with Crippen molar-refractivity contribution in [3.8, 4) is 0 Å². The van der Waals surface area contributed by atoms with E-state index < -0.39 is 0 Å². The first kappa shape index (κ1) is 18.6. The van der Waals surface area contributed by atoms with Gasteiger partial charge in [-0.15, -0.1) is 10.2 Å². The van der Waals surface area contributed by atoms with Gasteiger partial charge in [-0.05, 0) is 30.4 Å². The molecule has 1 aromatic carbocycles. The predicted molar refractivity (Wildman–Crippen MR) is 112 cm³/mol. The molecule has 8 heteroatoms. The zero-order valence-electron chi connectivity index (χ0n) is 16.8. The number of rotatable bonds is 5. The van der Waals surface area contributed by atoms with Crippen molar-refractivity contribution in [3.63, 3.8) is 0 Å². The van der Waals surface area contributed by atoms with Crippen LogP contribution in [0.1, 0.15) is 43.5 Å². The molecule has 1 amide bonds. The summed E-state index contributed by atoms with van der Waals surface area (Å²) in [6.45, 7) is 2.63. The number of aromatic amines is 1. The van der Waals surface area contributed by atoms with Gasteiger partial charge in [-0.3, -0.25) is 4.40 Å². The Morgan fingerprint density at radius 2 is 2.10 bits per heavy atom. The third-order valence-electron chi connectivity index (χ3n) is 6.03. The van der Waals surface area contributed by atoms with Crippen LogP contribution in [0.15, 0.2) is 48.8 Å². The number of carbonyl (C=O) groups is 1. The normalized spacial score (nSPS) is 21.3. The smallest absolute Gasteiger partial charge is 0.407 e. The van der Waals surface area contributed by atoms with Gasteiger partial charge in [-0.1, -0.05) is 43.7 Å². The molecule has 3 aromatic heterocycles. The molecule has 3 heterocycles. The van der Waals surface area contributed by atoms with E-state index in [0.717, 1.165) is 47.5 Å². The Hall–Kier alpha value is -3.42. The Kier molecular flexibility index (Phi) is 4.82. The number of hydrogen-bond donors (Lipinski definition) is 2. The van der Waals surface area contributed by atoms with Crippen LogP contribution in [0.2, 0.25) is 0 Å². The van der Waals surface area contributed by atoms with E-state index in [1.807, 2.05) is 42.6 Å². The molecule has 30 heavy (non-hydrogen) atoms. The topological polar surface area (TPSA) is 97.2 Å². The lowest BCUT2D eigenvalue weighted by molar-refractivity contribution is 0.0977. The number of hydrogen-bond acceptors (Lipinski definition) is 5. The third kappa shape index (κ3) is 3.38. The van der Waals surface area contributed by atoms with Gasteiger partial charge in [-0.25, -0.2) is 9.78 Å². The molecule has 0 aliphatic heterocycles. The van der Waals surface area contributed by atoms with E-state index in [1.165, 1.54) is 0 Å². The molecule has 5 rings (SSSR count). The number of H-pyrrole nitrogens is 1. The summed E-state index contributed by atoms with van der Waals surface area (Å²) in [7, 11) is 0. The monoisotopic (exact) mass is 404 g/mol. The van der Waals surface area contributed by atoms with Crippen LogP contribution < -0.4 is 5.32 Å². The van der Waals surface area contributed by atoms with Crippen LogP contribution in [0, 0.1) is 5.92 Å². The van der Waals surface area contributed by atoms with Crippen molar-refractivity contribution in [3.05, 3.63) is 60.2 Å². The molecule has 1 fully saturated rings. The summed E-state index contributed by atoms with van der Waals surface area (Å²) >= 11 is 0. The number of fused-ring (bicyclic) bond motifs is 3. The van der Waals surface area contributed by atoms with Crippen molar-refractivity contribution in [2.45, 2.75) is 44.8 Å². The second kappa shape index (κ2) is 7.78. The van der Waals surface area contributed by atoms with Crippen LogP contribution in [0.4, 0.5) is 4.79 Å². The summed E-state index contributed by atoms with van der Waals surface area (Å²) in [4.78, 5) is 19.9. The summed E-state index contributed by atoms with van der Waals surface area (Å²) in [6.07, 6.45) is 5.66. The highest BCUT2D eigenvalue weighted by atomic mass is 16.6. The Bertz CT molecular complexity index is 1170. The van der Waals surface area contributed by atoms with Gasteiger partial charge >= 0.3 is 6.09 Å². The largest absolute Gasteiger partial charge is 0.446 e. The number of nitrogens with zero attached hydrogens (tertiary/aromatic N) is 4. The van der Waals surface area contributed by atoms with E-state index in [9.17, 15) is 4.79 Å². The van der Waals surface area contributed by atoms with E-state index in [4.69, 9.17) is 4.74 Å². The Morgan fingerprint density at radius 3 is 2.93 bits per heavy atom. The van der Waals surface area contributed by atoms with Crippen molar-refractivity contribution in [1.29, 1.82) is 0 Å². The number of amides is 1. The molecule has 0 radical (unpaired) electrons. The van der Waals surface area contributed by atoms with E-state index in [1.54, 1.807) is 6.20 Å². The highest BCUT2D eigenvalue weighted by Gasteiger charge is 2.39. The number of alkyl carbamates (subject to hydrolysis) is 1. The number of aromatic nitrogens is 5. The van der Waals surface area contributed by atoms with E-state index in [2.05, 4.69) is 36.8 Å². The second-order valence-corrected chi connectivity index (χ2v) is 7.83. The lowest BCUT2D eigenvalue weighted by Crippen LogP contribution is -2.27. The number of carbonyl (C=O) groups excluding carboxylic acids is 1. The van der Waals surface area contributed by atoms with Crippen LogP contribution in [0.5, 0.6) is 0 Å². The molecule has 1 aliphatic carbocycles. The quantitative estimate of drug-likeness (QED) is 0.527. The maximum Gasteiger partial charge on any atom is 0.407 e. The highest BCUT2D eigenvalue weighted by Crippen LogP contribution is 2.42. The number of benzene rings is 1. The zero-order chi connectivity index (χ0) is 20.5. The number of ether oxygens (including phenoxy) is 1. The van der Waals surface area contributed by atoms with Crippen molar-refractivity contribution >= 4 is 22.9 Å². The molecule has 1 aliphatic rings. The Labute approximate surface area is 173 Å². The average Bonchev–Trinajstić information content (AvgIpc) is 3.49. The first-order chi connectivity index (χ1) is 14.7. The van der Waals surface area contributed by atoms with Crippen molar-refractivity contribution < 1.29 is 9.53 Å². The van der Waals surface area contributed by atoms with Crippen LogP contribution in [-0.4, -0.2) is 36.8 Å². The van der Waals surface area contributed by atoms with Crippen molar-refractivity contribution in [2.75, 3.05) is 0 Å². The van der Waals surface area contributed by atoms with Crippen LogP contribution in [-0.2, 0) is 11.3 Å². The van der Waals surface area contributed by atoms with Gasteiger partial charge in [0.15, 0.2) is 11.3 Å². The summed E-state index contributed by atoms with van der Waals surface area (Å²) in [5.74, 6) is 1.48. The van der Waals surface area contributed by atoms with E-state index >= 15 is 0 Å². The zero-order valence-corrected chi connectivity index (χ0v) is 16.8. The van der Waals surface area contributed by atoms with E-state index in [0.29, 0.717) is 12.5 Å². The molecule has 0 spiro atoms. The molecule has 1 saturated carbocycles. The van der Waals surface area contributed by atoms with Gasteiger partial charge in [0.25, 0.3) is 0 Å². The molecule has 0 bridgehead atoms. The molecule has 0 saturated heterocycles. The van der Waals surface area contributed by atoms with Crippen molar-refractivity contribution in [2.24, 2.45) is 5.92 Å². The average molecular weight is 404 g/mol. The lowest BCUT2D eigenvalue weighted by Gasteiger charge is -2.15. The van der Waals surface area contributed by atoms with Gasteiger partial charge in [0.2, 0.25) is 0 Å². The van der Waals surface area contributed by atoms with Gasteiger partial charge in [0.05, 0.1) is 11.7 Å². The molecular weight excluding hydrogens is 380 g/mol. The van der Waals surface area contributed by atoms with Crippen LogP contribution in [0.25, 0.3) is 16.8 Å². The maximum atomic E-state index is 12.3. The van der Waals surface area contributed by atoms with E-state index in [-0.39, 0.29) is 18.1 Å². The van der Waals surface area contributed by atoms with Gasteiger partial charge in [-0.2, -0.15) is 0 Å². The highest BCUT2D eigenvalue weighted by molar-refractivity contribution is 5.74. The minimum absolute atomic E-state index is 0.133. The predicted octanol–water partition coefficient (Wildman–Crippen LogP) is 3.80. The standard InChI is InChI=1S/C22H24N6O2/c1-2-15-10-16(30-22(29)25-12-14-6-4-3-5-7-14)11-17(15)21-27-26-19-13-24-20-18(28(19)21)8-9-23-20/h3-9,13,15-17,23H,2,10-12H2,1H3,(H,25,29). The lowest BCUT2D eigenvalue weighted by atomic mass is 9.93.